The highest BCUT2D eigenvalue weighted by molar-refractivity contribution is 14.1. The van der Waals surface area contributed by atoms with E-state index in [-0.39, 0.29) is 15.6 Å². The summed E-state index contributed by atoms with van der Waals surface area (Å²) in [7, 11) is 0. The summed E-state index contributed by atoms with van der Waals surface area (Å²) in [6.45, 7) is 1.51. The predicted molar refractivity (Wildman–Crippen MR) is 53.8 cm³/mol. The van der Waals surface area contributed by atoms with Gasteiger partial charge in [-0.3, -0.25) is 4.79 Å². The molecule has 0 atom stereocenters. The molecule has 1 aromatic rings. The molecule has 3 nitrogen and oxygen atoms in total. The molecule has 7 heteroatoms. The van der Waals surface area contributed by atoms with Crippen molar-refractivity contribution in [2.75, 3.05) is 0 Å². The zero-order valence-corrected chi connectivity index (χ0v) is 9.59. The Morgan fingerprint density at radius 2 is 2.13 bits per heavy atom. The number of carbonyl (C=O) groups is 1. The van der Waals surface area contributed by atoms with Crippen LogP contribution < -0.4 is 4.74 Å². The molecule has 0 aromatic carbocycles. The van der Waals surface area contributed by atoms with Gasteiger partial charge in [0.1, 0.15) is 9.45 Å². The molecule has 0 radical (unpaired) electrons. The summed E-state index contributed by atoms with van der Waals surface area (Å²) in [6, 6.07) is 1.07. The van der Waals surface area contributed by atoms with Gasteiger partial charge in [0.2, 0.25) is 0 Å². The van der Waals surface area contributed by atoms with Gasteiger partial charge in [0.25, 0.3) is 0 Å². The molecule has 0 fully saturated rings. The number of halogens is 4. The number of aryl methyl sites for hydroxylation is 1. The molecule has 0 aliphatic rings. The van der Waals surface area contributed by atoms with E-state index in [9.17, 15) is 18.0 Å². The van der Waals surface area contributed by atoms with E-state index in [0.29, 0.717) is 5.69 Å². The fourth-order valence-corrected chi connectivity index (χ4v) is 1.71. The average Bonchev–Trinajstić information content (AvgIpc) is 1.99. The van der Waals surface area contributed by atoms with Crippen molar-refractivity contribution in [2.45, 2.75) is 13.3 Å². The van der Waals surface area contributed by atoms with Crippen LogP contribution in [0.2, 0.25) is 0 Å². The molecule has 15 heavy (non-hydrogen) atoms. The van der Waals surface area contributed by atoms with Crippen LogP contribution in [-0.2, 0) is 0 Å². The number of rotatable bonds is 2. The fraction of sp³-hybridized carbons (Fsp3) is 0.250. The van der Waals surface area contributed by atoms with Crippen LogP contribution in [0.5, 0.6) is 5.75 Å². The Kier molecular flexibility index (Phi) is 3.53. The summed E-state index contributed by atoms with van der Waals surface area (Å²) in [4.78, 5) is 14.4. The van der Waals surface area contributed by atoms with Crippen LogP contribution in [0.15, 0.2) is 6.07 Å². The SMILES string of the molecule is Cc1cc(OC(F)(F)F)c(C=O)c(I)n1. The molecule has 0 N–H and O–H groups in total. The first-order chi connectivity index (χ1) is 6.83. The molecule has 1 aromatic heterocycles. The number of hydrogen-bond donors (Lipinski definition) is 0. The minimum Gasteiger partial charge on any atom is -0.405 e. The largest absolute Gasteiger partial charge is 0.573 e. The van der Waals surface area contributed by atoms with E-state index in [1.165, 1.54) is 6.92 Å². The summed E-state index contributed by atoms with van der Waals surface area (Å²) in [6.07, 6.45) is -4.52. The van der Waals surface area contributed by atoms with Crippen molar-refractivity contribution < 1.29 is 22.7 Å². The standard InChI is InChI=1S/C8H5F3INO2/c1-4-2-6(15-8(9,10)11)5(3-14)7(12)13-4/h2-3H,1H3. The lowest BCUT2D eigenvalue weighted by atomic mass is 10.2. The number of alkyl halides is 3. The Balaban J connectivity index is 3.21. The maximum absolute atomic E-state index is 12.0. The van der Waals surface area contributed by atoms with E-state index in [2.05, 4.69) is 9.72 Å². The van der Waals surface area contributed by atoms with Gasteiger partial charge in [-0.25, -0.2) is 4.98 Å². The number of carbonyl (C=O) groups excluding carboxylic acids is 1. The van der Waals surface area contributed by atoms with Crippen LogP contribution in [0.25, 0.3) is 0 Å². The Hall–Kier alpha value is -0.860. The molecule has 82 valence electrons. The number of ether oxygens (including phenoxy) is 1. The highest BCUT2D eigenvalue weighted by atomic mass is 127. The smallest absolute Gasteiger partial charge is 0.405 e. The summed E-state index contributed by atoms with van der Waals surface area (Å²) in [5.41, 5.74) is 0.155. The maximum atomic E-state index is 12.0. The first-order valence-corrected chi connectivity index (χ1v) is 4.79. The fourth-order valence-electron chi connectivity index (χ4n) is 0.932. The zero-order valence-electron chi connectivity index (χ0n) is 7.43. The molecule has 0 bridgehead atoms. The monoisotopic (exact) mass is 331 g/mol. The average molecular weight is 331 g/mol. The molecule has 0 amide bonds. The van der Waals surface area contributed by atoms with Gasteiger partial charge in [-0.15, -0.1) is 13.2 Å². The van der Waals surface area contributed by atoms with E-state index >= 15 is 0 Å². The lowest BCUT2D eigenvalue weighted by molar-refractivity contribution is -0.274. The second kappa shape index (κ2) is 4.33. The van der Waals surface area contributed by atoms with Crippen molar-refractivity contribution in [2.24, 2.45) is 0 Å². The van der Waals surface area contributed by atoms with Crippen molar-refractivity contribution in [3.63, 3.8) is 0 Å². The third-order valence-corrected chi connectivity index (χ3v) is 2.27. The van der Waals surface area contributed by atoms with Crippen LogP contribution in [0, 0.1) is 10.6 Å². The first-order valence-electron chi connectivity index (χ1n) is 3.71. The molecular formula is C8H5F3INO2. The summed E-state index contributed by atoms with van der Waals surface area (Å²) >= 11 is 1.67. The Labute approximate surface area is 96.8 Å². The minimum absolute atomic E-state index is 0.182. The van der Waals surface area contributed by atoms with Crippen LogP contribution in [0.3, 0.4) is 0 Å². The molecule has 1 heterocycles. The first kappa shape index (κ1) is 12.2. The molecule has 0 aliphatic carbocycles. The molecule has 0 unspecified atom stereocenters. The van der Waals surface area contributed by atoms with Crippen molar-refractivity contribution in [1.82, 2.24) is 4.98 Å². The van der Waals surface area contributed by atoms with Gasteiger partial charge in [0.15, 0.2) is 6.29 Å². The van der Waals surface area contributed by atoms with Gasteiger partial charge in [0.05, 0.1) is 5.56 Å². The third kappa shape index (κ3) is 3.33. The number of pyridine rings is 1. The van der Waals surface area contributed by atoms with Crippen LogP contribution in [0.1, 0.15) is 16.1 Å². The summed E-state index contributed by atoms with van der Waals surface area (Å²) in [5.74, 6) is -0.519. The topological polar surface area (TPSA) is 39.2 Å². The number of nitrogens with zero attached hydrogens (tertiary/aromatic N) is 1. The quantitative estimate of drug-likeness (QED) is 0.475. The molecule has 0 saturated heterocycles. The van der Waals surface area contributed by atoms with E-state index in [1.807, 2.05) is 0 Å². The lowest BCUT2D eigenvalue weighted by Gasteiger charge is -2.11. The molecule has 1 rings (SSSR count). The molecule has 0 aliphatic heterocycles. The second-order valence-electron chi connectivity index (χ2n) is 2.63. The molecule has 0 spiro atoms. The van der Waals surface area contributed by atoms with E-state index in [1.54, 1.807) is 22.6 Å². The highest BCUT2D eigenvalue weighted by Gasteiger charge is 2.32. The number of aromatic nitrogens is 1. The third-order valence-electron chi connectivity index (χ3n) is 1.45. The van der Waals surface area contributed by atoms with E-state index < -0.39 is 12.1 Å². The minimum atomic E-state index is -4.81. The summed E-state index contributed by atoms with van der Waals surface area (Å²) in [5, 5.41) is 0. The normalized spacial score (nSPS) is 11.3. The van der Waals surface area contributed by atoms with E-state index in [0.717, 1.165) is 6.07 Å². The number of hydrogen-bond acceptors (Lipinski definition) is 3. The Bertz CT molecular complexity index is 392. The lowest BCUT2D eigenvalue weighted by Crippen LogP contribution is -2.18. The van der Waals surface area contributed by atoms with Gasteiger partial charge in [-0.2, -0.15) is 0 Å². The van der Waals surface area contributed by atoms with Crippen molar-refractivity contribution in [3.05, 3.63) is 21.0 Å². The predicted octanol–water partition coefficient (Wildman–Crippen LogP) is 2.71. The van der Waals surface area contributed by atoms with Gasteiger partial charge in [-0.05, 0) is 29.5 Å². The highest BCUT2D eigenvalue weighted by Crippen LogP contribution is 2.28. The van der Waals surface area contributed by atoms with Gasteiger partial charge >= 0.3 is 6.36 Å². The van der Waals surface area contributed by atoms with Crippen molar-refractivity contribution in [1.29, 1.82) is 0 Å². The zero-order chi connectivity index (χ0) is 11.6. The second-order valence-corrected chi connectivity index (χ2v) is 3.65. The van der Waals surface area contributed by atoms with Gasteiger partial charge in [-0.1, -0.05) is 0 Å². The molecular weight excluding hydrogens is 326 g/mol. The van der Waals surface area contributed by atoms with Crippen molar-refractivity contribution in [3.8, 4) is 5.75 Å². The Morgan fingerprint density at radius 1 is 1.53 bits per heavy atom. The number of aldehydes is 1. The van der Waals surface area contributed by atoms with Crippen molar-refractivity contribution >= 4 is 28.9 Å². The van der Waals surface area contributed by atoms with Crippen LogP contribution >= 0.6 is 22.6 Å². The summed E-state index contributed by atoms with van der Waals surface area (Å²) < 4.78 is 39.8. The van der Waals surface area contributed by atoms with Gasteiger partial charge in [0, 0.05) is 11.8 Å². The maximum Gasteiger partial charge on any atom is 0.573 e. The van der Waals surface area contributed by atoms with Crippen LogP contribution in [0.4, 0.5) is 13.2 Å². The van der Waals surface area contributed by atoms with Crippen LogP contribution in [-0.4, -0.2) is 17.6 Å². The molecule has 0 saturated carbocycles. The van der Waals surface area contributed by atoms with Gasteiger partial charge < -0.3 is 4.74 Å². The van der Waals surface area contributed by atoms with E-state index in [4.69, 9.17) is 0 Å². The Morgan fingerprint density at radius 3 is 2.60 bits per heavy atom.